The Morgan fingerprint density at radius 1 is 0.241 bits per heavy atom. The van der Waals surface area contributed by atoms with Crippen molar-refractivity contribution in [2.45, 2.75) is 0 Å². The topological polar surface area (TPSA) is 0 Å². The predicted octanol–water partition coefficient (Wildman–Crippen LogP) is 15.8. The fourth-order valence-electron chi connectivity index (χ4n) is 7.28. The molecule has 0 bridgehead atoms. The Balaban J connectivity index is 0.799. The van der Waals surface area contributed by atoms with Crippen LogP contribution in [0.25, 0.3) is 98.0 Å². The minimum absolute atomic E-state index is 1.20. The molecule has 54 heavy (non-hydrogen) atoms. The first-order valence-electron chi connectivity index (χ1n) is 18.3. The van der Waals surface area contributed by atoms with Gasteiger partial charge in [0.15, 0.2) is 0 Å². The predicted molar refractivity (Wildman–Crippen MR) is 239 cm³/mol. The van der Waals surface area contributed by atoms with Gasteiger partial charge in [0.05, 0.1) is 0 Å². The number of rotatable bonds is 7. The van der Waals surface area contributed by atoms with E-state index in [-0.39, 0.29) is 0 Å². The first-order valence-corrected chi connectivity index (χ1v) is 19.9. The maximum Gasteiger partial charge on any atom is 0.0449 e. The summed E-state index contributed by atoms with van der Waals surface area (Å²) in [6.07, 6.45) is 8.82. The van der Waals surface area contributed by atoms with Crippen molar-refractivity contribution in [3.63, 3.8) is 0 Å². The van der Waals surface area contributed by atoms with E-state index < -0.39 is 0 Å². The zero-order valence-corrected chi connectivity index (χ0v) is 31.1. The van der Waals surface area contributed by atoms with Crippen molar-refractivity contribution in [2.75, 3.05) is 0 Å². The van der Waals surface area contributed by atoms with Crippen LogP contribution in [0, 0.1) is 0 Å². The Bertz CT molecular complexity index is 2820. The van der Waals surface area contributed by atoms with Crippen LogP contribution in [0.2, 0.25) is 0 Å². The summed E-state index contributed by atoms with van der Waals surface area (Å²) >= 11 is 3.71. The molecule has 0 aliphatic rings. The number of fused-ring (bicyclic) bond motifs is 4. The first kappa shape index (κ1) is 32.3. The van der Waals surface area contributed by atoms with Crippen molar-refractivity contribution in [3.05, 3.63) is 204 Å². The van der Waals surface area contributed by atoms with Gasteiger partial charge in [-0.1, -0.05) is 146 Å². The van der Waals surface area contributed by atoms with E-state index in [0.29, 0.717) is 0 Å². The summed E-state index contributed by atoms with van der Waals surface area (Å²) in [4.78, 5) is 5.18. The molecular weight excluding hydrogens is 689 g/mol. The van der Waals surface area contributed by atoms with Crippen molar-refractivity contribution in [1.82, 2.24) is 0 Å². The molecule has 0 radical (unpaired) electrons. The van der Waals surface area contributed by atoms with Gasteiger partial charge >= 0.3 is 0 Å². The molecule has 0 unspecified atom stereocenters. The summed E-state index contributed by atoms with van der Waals surface area (Å²) in [5.41, 5.74) is 7.30. The Labute approximate surface area is 323 Å². The van der Waals surface area contributed by atoms with E-state index in [2.05, 4.69) is 206 Å². The normalized spacial score (nSPS) is 11.9. The lowest BCUT2D eigenvalue weighted by atomic mass is 10.0. The summed E-state index contributed by atoms with van der Waals surface area (Å²) in [5, 5.41) is 10.2. The summed E-state index contributed by atoms with van der Waals surface area (Å²) in [7, 11) is 0. The van der Waals surface area contributed by atoms with Crippen LogP contribution in [0.15, 0.2) is 182 Å². The lowest BCUT2D eigenvalue weighted by Crippen LogP contribution is -1.79. The lowest BCUT2D eigenvalue weighted by Gasteiger charge is -2.04. The van der Waals surface area contributed by atoms with Gasteiger partial charge in [-0.2, -0.15) is 0 Å². The smallest absolute Gasteiger partial charge is 0.0449 e. The van der Waals surface area contributed by atoms with Crippen molar-refractivity contribution in [2.24, 2.45) is 0 Å². The van der Waals surface area contributed by atoms with Gasteiger partial charge in [0.25, 0.3) is 0 Å². The highest BCUT2D eigenvalue weighted by atomic mass is 32.1. The van der Waals surface area contributed by atoms with Gasteiger partial charge in [0.2, 0.25) is 0 Å². The summed E-state index contributed by atoms with van der Waals surface area (Å²) in [5.74, 6) is 0. The summed E-state index contributed by atoms with van der Waals surface area (Å²) < 4.78 is 0. The second-order valence-corrected chi connectivity index (χ2v) is 16.0. The third kappa shape index (κ3) is 6.58. The maximum atomic E-state index is 2.29. The average molecular weight is 723 g/mol. The zero-order chi connectivity index (χ0) is 35.8. The molecule has 0 nitrogen and oxygen atoms in total. The number of benzene rings is 8. The van der Waals surface area contributed by atoms with Crippen LogP contribution in [0.5, 0.6) is 0 Å². The third-order valence-corrected chi connectivity index (χ3v) is 12.7. The number of hydrogen-bond acceptors (Lipinski definition) is 2. The van der Waals surface area contributed by atoms with E-state index >= 15 is 0 Å². The van der Waals surface area contributed by atoms with Crippen LogP contribution >= 0.6 is 22.7 Å². The zero-order valence-electron chi connectivity index (χ0n) is 29.4. The van der Waals surface area contributed by atoms with E-state index in [4.69, 9.17) is 0 Å². The molecule has 0 saturated carbocycles. The van der Waals surface area contributed by atoms with E-state index in [0.717, 1.165) is 0 Å². The Morgan fingerprint density at radius 3 is 0.963 bits per heavy atom. The monoisotopic (exact) mass is 722 g/mol. The Kier molecular flexibility index (Phi) is 8.33. The molecule has 0 aliphatic heterocycles. The van der Waals surface area contributed by atoms with Gasteiger partial charge in [-0.05, 0) is 137 Å². The molecule has 0 saturated heterocycles. The molecule has 10 aromatic rings. The van der Waals surface area contributed by atoms with Gasteiger partial charge in [-0.25, -0.2) is 0 Å². The first-order chi connectivity index (χ1) is 26.7. The van der Waals surface area contributed by atoms with E-state index in [1.54, 1.807) is 0 Å². The van der Waals surface area contributed by atoms with Crippen LogP contribution in [-0.2, 0) is 0 Å². The van der Waals surface area contributed by atoms with Crippen LogP contribution < -0.4 is 0 Å². The van der Waals surface area contributed by atoms with Gasteiger partial charge < -0.3 is 0 Å². The van der Waals surface area contributed by atoms with Gasteiger partial charge in [0, 0.05) is 19.5 Å². The molecule has 0 fully saturated rings. The molecule has 2 heterocycles. The highest BCUT2D eigenvalue weighted by Crippen LogP contribution is 2.40. The van der Waals surface area contributed by atoms with E-state index in [1.165, 1.54) is 96.0 Å². The largest absolute Gasteiger partial charge is 0.134 e. The minimum Gasteiger partial charge on any atom is -0.134 e. The fraction of sp³-hybridized carbons (Fsp3) is 0. The van der Waals surface area contributed by atoms with Crippen LogP contribution in [0.3, 0.4) is 0 Å². The third-order valence-electron chi connectivity index (χ3n) is 10.2. The fourth-order valence-corrected chi connectivity index (χ4v) is 9.39. The minimum atomic E-state index is 1.20. The molecule has 10 rings (SSSR count). The Hall–Kier alpha value is -6.32. The number of hydrogen-bond donors (Lipinski definition) is 0. The van der Waals surface area contributed by atoms with Gasteiger partial charge in [-0.15, -0.1) is 22.7 Å². The highest BCUT2D eigenvalue weighted by Gasteiger charge is 2.10. The Morgan fingerprint density at radius 2 is 0.556 bits per heavy atom. The molecule has 2 heteroatoms. The van der Waals surface area contributed by atoms with Crippen LogP contribution in [0.4, 0.5) is 0 Å². The lowest BCUT2D eigenvalue weighted by molar-refractivity contribution is 1.65. The number of thiophene rings is 2. The summed E-state index contributed by atoms with van der Waals surface area (Å²) in [6.45, 7) is 0. The molecule has 0 spiro atoms. The molecule has 254 valence electrons. The highest BCUT2D eigenvalue weighted by molar-refractivity contribution is 7.25. The van der Waals surface area contributed by atoms with E-state index in [1.807, 2.05) is 22.7 Å². The molecule has 0 N–H and O–H groups in total. The van der Waals surface area contributed by atoms with Gasteiger partial charge in [0.1, 0.15) is 0 Å². The molecular formula is C52H34S2. The second-order valence-electron chi connectivity index (χ2n) is 13.9. The maximum absolute atomic E-state index is 2.29. The standard InChI is InChI=1S/C52H34S2/c1-3-7-43-33-47-29-37(17-23-45(47)31-41(43)5-1)11-9-35-13-19-39(20-14-35)49-25-27-51(53-49)52-28-26-50(54-52)40-21-15-36(16-22-40)10-12-38-18-24-46-32-42-6-2-4-8-44(42)34-48(46)30-38/h1-34H. The molecule has 2 aromatic heterocycles. The van der Waals surface area contributed by atoms with Crippen molar-refractivity contribution < 1.29 is 0 Å². The van der Waals surface area contributed by atoms with Crippen molar-refractivity contribution in [3.8, 4) is 30.6 Å². The van der Waals surface area contributed by atoms with Crippen LogP contribution in [0.1, 0.15) is 22.3 Å². The summed E-state index contributed by atoms with van der Waals surface area (Å²) in [6, 6.07) is 66.5. The quantitative estimate of drug-likeness (QED) is 0.113. The van der Waals surface area contributed by atoms with Crippen molar-refractivity contribution >= 4 is 90.1 Å². The van der Waals surface area contributed by atoms with E-state index in [9.17, 15) is 0 Å². The van der Waals surface area contributed by atoms with Crippen molar-refractivity contribution in [1.29, 1.82) is 0 Å². The SMILES string of the molecule is C(=Cc1ccc2cc3ccccc3cc2c1)c1ccc(-c2ccc(-c3ccc(-c4ccc(C=Cc5ccc6cc7ccccc7cc6c5)cc4)s3)s2)cc1. The molecule has 8 aromatic carbocycles. The molecule has 0 aliphatic carbocycles. The molecule has 0 amide bonds. The van der Waals surface area contributed by atoms with Gasteiger partial charge in [-0.3, -0.25) is 0 Å². The van der Waals surface area contributed by atoms with Crippen LogP contribution in [-0.4, -0.2) is 0 Å². The second kappa shape index (κ2) is 13.9. The average Bonchev–Trinajstić information content (AvgIpc) is 3.92. The molecule has 0 atom stereocenters.